The minimum absolute atomic E-state index is 0.149. The number of hydrogen-bond donors (Lipinski definition) is 2. The predicted molar refractivity (Wildman–Crippen MR) is 116 cm³/mol. The van der Waals surface area contributed by atoms with Crippen molar-refractivity contribution in [2.75, 3.05) is 31.9 Å². The topological polar surface area (TPSA) is 104 Å². The summed E-state index contributed by atoms with van der Waals surface area (Å²) in [5, 5.41) is 5.73. The van der Waals surface area contributed by atoms with E-state index in [4.69, 9.17) is 18.9 Å². The third-order valence-electron chi connectivity index (χ3n) is 5.15. The third-order valence-corrected chi connectivity index (χ3v) is 5.15. The van der Waals surface area contributed by atoms with Crippen LogP contribution in [-0.4, -0.2) is 48.7 Å². The molecule has 0 unspecified atom stereocenters. The van der Waals surface area contributed by atoms with Crippen molar-refractivity contribution in [1.29, 1.82) is 0 Å². The first-order valence-electron chi connectivity index (χ1n) is 10.5. The molecule has 2 N–H and O–H groups in total. The lowest BCUT2D eigenvalue weighted by Gasteiger charge is -2.14. The van der Waals surface area contributed by atoms with Crippen LogP contribution in [0.3, 0.4) is 0 Å². The second-order valence-corrected chi connectivity index (χ2v) is 7.34. The monoisotopic (exact) mass is 452 g/mol. The van der Waals surface area contributed by atoms with Crippen LogP contribution in [-0.2, 0) is 9.47 Å². The summed E-state index contributed by atoms with van der Waals surface area (Å²) in [4.78, 5) is 21.7. The number of rotatable bonds is 7. The van der Waals surface area contributed by atoms with Crippen molar-refractivity contribution < 1.29 is 28.1 Å². The van der Waals surface area contributed by atoms with Crippen molar-refractivity contribution in [1.82, 2.24) is 15.3 Å². The smallest absolute Gasteiger partial charge is 0.256 e. The maximum absolute atomic E-state index is 14.3. The first kappa shape index (κ1) is 21.1. The molecular formula is C23H21FN4O5. The highest BCUT2D eigenvalue weighted by molar-refractivity contribution is 5.99. The summed E-state index contributed by atoms with van der Waals surface area (Å²) >= 11 is 0. The van der Waals surface area contributed by atoms with Gasteiger partial charge in [0.05, 0.1) is 18.9 Å². The molecule has 1 fully saturated rings. The van der Waals surface area contributed by atoms with E-state index in [9.17, 15) is 9.18 Å². The molecule has 170 valence electrons. The third kappa shape index (κ3) is 4.71. The Morgan fingerprint density at radius 2 is 1.91 bits per heavy atom. The van der Waals surface area contributed by atoms with Gasteiger partial charge in [-0.2, -0.15) is 0 Å². The molecular weight excluding hydrogens is 431 g/mol. The number of carbonyl (C=O) groups excluding carboxylic acids is 1. The highest BCUT2D eigenvalue weighted by atomic mass is 19.1. The fourth-order valence-electron chi connectivity index (χ4n) is 3.48. The zero-order valence-corrected chi connectivity index (χ0v) is 17.5. The van der Waals surface area contributed by atoms with Gasteiger partial charge >= 0.3 is 0 Å². The molecule has 1 aromatic heterocycles. The first-order valence-corrected chi connectivity index (χ1v) is 10.5. The Labute approximate surface area is 188 Å². The van der Waals surface area contributed by atoms with Crippen LogP contribution in [0.2, 0.25) is 0 Å². The number of benzene rings is 2. The number of hydrogen-bond acceptors (Lipinski definition) is 8. The average molecular weight is 452 g/mol. The zero-order chi connectivity index (χ0) is 22.6. The fraction of sp³-hybridized carbons (Fsp3) is 0.261. The van der Waals surface area contributed by atoms with Gasteiger partial charge in [0.2, 0.25) is 6.79 Å². The Hall–Kier alpha value is -3.76. The number of nitrogens with one attached hydrogen (secondary N) is 2. The molecule has 0 aliphatic carbocycles. The van der Waals surface area contributed by atoms with Gasteiger partial charge < -0.3 is 29.6 Å². The van der Waals surface area contributed by atoms with Crippen LogP contribution >= 0.6 is 0 Å². The molecule has 0 radical (unpaired) electrons. The van der Waals surface area contributed by atoms with Crippen molar-refractivity contribution in [3.05, 3.63) is 60.0 Å². The van der Waals surface area contributed by atoms with Crippen molar-refractivity contribution in [3.63, 3.8) is 0 Å². The molecule has 3 heterocycles. The van der Waals surface area contributed by atoms with Gasteiger partial charge in [-0.25, -0.2) is 14.4 Å². The fourth-order valence-corrected chi connectivity index (χ4v) is 3.48. The number of halogens is 1. The second kappa shape index (κ2) is 9.39. The van der Waals surface area contributed by atoms with E-state index >= 15 is 0 Å². The lowest BCUT2D eigenvalue weighted by atomic mass is 10.1. The summed E-state index contributed by atoms with van der Waals surface area (Å²) in [6.07, 6.45) is 1.59. The maximum atomic E-state index is 14.3. The highest BCUT2D eigenvalue weighted by Gasteiger charge is 2.20. The van der Waals surface area contributed by atoms with Crippen LogP contribution in [0.4, 0.5) is 15.9 Å². The standard InChI is InChI=1S/C23H21FN4O5/c24-16-3-1-2-4-17(16)27-22-15(23(29)25-8-7-20-30-9-10-31-20)12-26-21(28-22)14-5-6-18-19(11-14)33-13-32-18/h1-6,11-12,20H,7-10,13H2,(H,25,29)(H,26,27,28). The molecule has 33 heavy (non-hydrogen) atoms. The van der Waals surface area contributed by atoms with E-state index in [0.29, 0.717) is 49.1 Å². The number of para-hydroxylation sites is 1. The normalized spacial score (nSPS) is 14.9. The van der Waals surface area contributed by atoms with Crippen molar-refractivity contribution in [2.24, 2.45) is 0 Å². The Kier molecular flexibility index (Phi) is 6.01. The Balaban J connectivity index is 1.41. The van der Waals surface area contributed by atoms with Gasteiger partial charge in [-0.3, -0.25) is 4.79 Å². The summed E-state index contributed by atoms with van der Waals surface area (Å²) in [5.74, 6) is 0.865. The van der Waals surface area contributed by atoms with Gasteiger partial charge in [0.15, 0.2) is 23.6 Å². The largest absolute Gasteiger partial charge is 0.454 e. The van der Waals surface area contributed by atoms with E-state index < -0.39 is 11.7 Å². The number of anilines is 2. The zero-order valence-electron chi connectivity index (χ0n) is 17.5. The minimum Gasteiger partial charge on any atom is -0.454 e. The molecule has 0 spiro atoms. The van der Waals surface area contributed by atoms with Crippen LogP contribution in [0.25, 0.3) is 11.4 Å². The number of nitrogens with zero attached hydrogens (tertiary/aromatic N) is 2. The van der Waals surface area contributed by atoms with Crippen molar-refractivity contribution in [3.8, 4) is 22.9 Å². The number of fused-ring (bicyclic) bond motifs is 1. The SMILES string of the molecule is O=C(NCCC1OCCO1)c1cnc(-c2ccc3c(c2)OCO3)nc1Nc1ccccc1F. The number of aromatic nitrogens is 2. The average Bonchev–Trinajstić information content (AvgIpc) is 3.52. The molecule has 0 saturated carbocycles. The molecule has 1 saturated heterocycles. The summed E-state index contributed by atoms with van der Waals surface area (Å²) in [6.45, 7) is 1.58. The summed E-state index contributed by atoms with van der Waals surface area (Å²) in [6, 6.07) is 11.5. The predicted octanol–water partition coefficient (Wildman–Crippen LogP) is 3.25. The van der Waals surface area contributed by atoms with E-state index in [2.05, 4.69) is 20.6 Å². The van der Waals surface area contributed by atoms with E-state index in [1.807, 2.05) is 0 Å². The summed E-state index contributed by atoms with van der Waals surface area (Å²) in [5.41, 5.74) is 1.03. The number of carbonyl (C=O) groups is 1. The molecule has 3 aromatic rings. The Morgan fingerprint density at radius 1 is 1.09 bits per heavy atom. The molecule has 2 aromatic carbocycles. The van der Waals surface area contributed by atoms with E-state index in [0.717, 1.165) is 0 Å². The van der Waals surface area contributed by atoms with Crippen LogP contribution in [0.5, 0.6) is 11.5 Å². The van der Waals surface area contributed by atoms with E-state index in [-0.39, 0.29) is 30.2 Å². The molecule has 1 amide bonds. The lowest BCUT2D eigenvalue weighted by Crippen LogP contribution is -2.28. The van der Waals surface area contributed by atoms with Crippen LogP contribution in [0.1, 0.15) is 16.8 Å². The number of amides is 1. The van der Waals surface area contributed by atoms with Gasteiger partial charge in [-0.05, 0) is 30.3 Å². The highest BCUT2D eigenvalue weighted by Crippen LogP contribution is 2.35. The summed E-state index contributed by atoms with van der Waals surface area (Å²) < 4.78 is 35.8. The molecule has 5 rings (SSSR count). The minimum atomic E-state index is -0.470. The molecule has 0 atom stereocenters. The molecule has 2 aliphatic heterocycles. The molecule has 9 nitrogen and oxygen atoms in total. The van der Waals surface area contributed by atoms with E-state index in [1.165, 1.54) is 12.3 Å². The molecule has 10 heteroatoms. The maximum Gasteiger partial charge on any atom is 0.256 e. The lowest BCUT2D eigenvalue weighted by molar-refractivity contribution is -0.0455. The van der Waals surface area contributed by atoms with Crippen LogP contribution in [0, 0.1) is 5.82 Å². The van der Waals surface area contributed by atoms with Gasteiger partial charge in [0.1, 0.15) is 17.2 Å². The summed E-state index contributed by atoms with van der Waals surface area (Å²) in [7, 11) is 0. The van der Waals surface area contributed by atoms with Gasteiger partial charge in [-0.15, -0.1) is 0 Å². The molecule has 2 aliphatic rings. The van der Waals surface area contributed by atoms with Gasteiger partial charge in [0.25, 0.3) is 5.91 Å². The van der Waals surface area contributed by atoms with Crippen molar-refractivity contribution >= 4 is 17.4 Å². The number of ether oxygens (including phenoxy) is 4. The van der Waals surface area contributed by atoms with Crippen LogP contribution in [0.15, 0.2) is 48.7 Å². The van der Waals surface area contributed by atoms with E-state index in [1.54, 1.807) is 36.4 Å². The van der Waals surface area contributed by atoms with Crippen LogP contribution < -0.4 is 20.1 Å². The van der Waals surface area contributed by atoms with Crippen molar-refractivity contribution in [2.45, 2.75) is 12.7 Å². The van der Waals surface area contributed by atoms with Gasteiger partial charge in [-0.1, -0.05) is 12.1 Å². The first-order chi connectivity index (χ1) is 16.2. The quantitative estimate of drug-likeness (QED) is 0.563. The molecule has 0 bridgehead atoms. The second-order valence-electron chi connectivity index (χ2n) is 7.34. The Morgan fingerprint density at radius 3 is 2.76 bits per heavy atom. The Bertz CT molecular complexity index is 1170. The van der Waals surface area contributed by atoms with Gasteiger partial charge in [0, 0.05) is 24.7 Å².